The van der Waals surface area contributed by atoms with Gasteiger partial charge in [0.2, 0.25) is 0 Å². The monoisotopic (exact) mass is 331 g/mol. The molecule has 1 aliphatic rings. The number of nitro benzene ring substituents is 1. The summed E-state index contributed by atoms with van der Waals surface area (Å²) in [5.41, 5.74) is 0.734. The van der Waals surface area contributed by atoms with E-state index in [9.17, 15) is 14.9 Å². The van der Waals surface area contributed by atoms with Crippen molar-refractivity contribution in [1.29, 1.82) is 0 Å². The summed E-state index contributed by atoms with van der Waals surface area (Å²) < 4.78 is 0. The maximum absolute atomic E-state index is 12.4. The molecule has 23 heavy (non-hydrogen) atoms. The van der Waals surface area contributed by atoms with Crippen molar-refractivity contribution in [3.05, 3.63) is 56.3 Å². The fourth-order valence-corrected chi connectivity index (χ4v) is 3.58. The van der Waals surface area contributed by atoms with Crippen molar-refractivity contribution >= 4 is 28.6 Å². The first-order valence-corrected chi connectivity index (χ1v) is 8.22. The van der Waals surface area contributed by atoms with Crippen molar-refractivity contribution in [3.8, 4) is 0 Å². The highest BCUT2D eigenvalue weighted by Gasteiger charge is 2.26. The van der Waals surface area contributed by atoms with Gasteiger partial charge in [-0.2, -0.15) is 0 Å². The normalized spacial score (nSPS) is 14.8. The van der Waals surface area contributed by atoms with E-state index < -0.39 is 0 Å². The number of piperazine rings is 1. The zero-order chi connectivity index (χ0) is 16.4. The van der Waals surface area contributed by atoms with E-state index in [-0.39, 0.29) is 16.5 Å². The van der Waals surface area contributed by atoms with Crippen molar-refractivity contribution in [2.75, 3.05) is 31.1 Å². The quantitative estimate of drug-likeness (QED) is 0.641. The van der Waals surface area contributed by atoms with E-state index >= 15 is 0 Å². The smallest absolute Gasteiger partial charge is 0.292 e. The predicted octanol–water partition coefficient (Wildman–Crippen LogP) is 2.93. The average molecular weight is 331 g/mol. The first-order valence-electron chi connectivity index (χ1n) is 7.40. The van der Waals surface area contributed by atoms with Crippen LogP contribution in [0.25, 0.3) is 0 Å². The number of nitrogens with zero attached hydrogens (tertiary/aromatic N) is 3. The molecule has 0 aliphatic carbocycles. The van der Waals surface area contributed by atoms with Gasteiger partial charge in [-0.25, -0.2) is 0 Å². The number of amides is 1. The number of aryl methyl sites for hydroxylation is 1. The summed E-state index contributed by atoms with van der Waals surface area (Å²) in [5, 5.41) is 11.1. The molecule has 1 aromatic carbocycles. The van der Waals surface area contributed by atoms with Crippen molar-refractivity contribution in [2.24, 2.45) is 0 Å². The molecule has 1 aliphatic heterocycles. The van der Waals surface area contributed by atoms with Crippen molar-refractivity contribution in [2.45, 2.75) is 6.92 Å². The van der Waals surface area contributed by atoms with E-state index in [2.05, 4.69) is 0 Å². The fraction of sp³-hybridized carbons (Fsp3) is 0.312. The van der Waals surface area contributed by atoms with Crippen LogP contribution in [0.15, 0.2) is 36.4 Å². The van der Waals surface area contributed by atoms with Crippen LogP contribution in [0.2, 0.25) is 0 Å². The number of rotatable bonds is 3. The van der Waals surface area contributed by atoms with Crippen molar-refractivity contribution < 1.29 is 9.72 Å². The van der Waals surface area contributed by atoms with Gasteiger partial charge in [0.15, 0.2) is 0 Å². The predicted molar refractivity (Wildman–Crippen MR) is 90.3 cm³/mol. The number of thiophene rings is 1. The summed E-state index contributed by atoms with van der Waals surface area (Å²) in [6, 6.07) is 10.5. The number of nitro groups is 1. The average Bonchev–Trinajstić information content (AvgIpc) is 3.01. The number of benzene rings is 1. The molecular weight excluding hydrogens is 314 g/mol. The standard InChI is InChI=1S/C16H17N3O3S/c1-12-6-7-15(23-12)16(20)18-10-8-17(9-11-18)13-4-2-3-5-14(13)19(21)22/h2-7H,8-11H2,1H3. The second-order valence-corrected chi connectivity index (χ2v) is 6.72. The molecule has 0 spiro atoms. The second-order valence-electron chi connectivity index (χ2n) is 5.44. The van der Waals surface area contributed by atoms with Crippen LogP contribution in [0.3, 0.4) is 0 Å². The third-order valence-electron chi connectivity index (χ3n) is 3.94. The van der Waals surface area contributed by atoms with E-state index in [4.69, 9.17) is 0 Å². The van der Waals surface area contributed by atoms with Gasteiger partial charge in [0.25, 0.3) is 11.6 Å². The summed E-state index contributed by atoms with van der Waals surface area (Å²) in [4.78, 5) is 28.9. The number of carbonyl (C=O) groups excluding carboxylic acids is 1. The minimum atomic E-state index is -0.360. The molecule has 7 heteroatoms. The Hall–Kier alpha value is -2.41. The lowest BCUT2D eigenvalue weighted by atomic mass is 10.2. The minimum absolute atomic E-state index is 0.0466. The maximum Gasteiger partial charge on any atom is 0.292 e. The number of para-hydroxylation sites is 2. The summed E-state index contributed by atoms with van der Waals surface area (Å²) in [6.07, 6.45) is 0. The molecule has 1 saturated heterocycles. The Labute approximate surface area is 138 Å². The van der Waals surface area contributed by atoms with Crippen molar-refractivity contribution in [1.82, 2.24) is 4.90 Å². The zero-order valence-corrected chi connectivity index (χ0v) is 13.6. The van der Waals surface area contributed by atoms with E-state index in [1.54, 1.807) is 18.2 Å². The van der Waals surface area contributed by atoms with Crippen LogP contribution in [-0.4, -0.2) is 41.9 Å². The van der Waals surface area contributed by atoms with Crippen LogP contribution in [0.1, 0.15) is 14.5 Å². The largest absolute Gasteiger partial charge is 0.362 e. The van der Waals surface area contributed by atoms with Gasteiger partial charge in [-0.15, -0.1) is 11.3 Å². The number of anilines is 1. The zero-order valence-electron chi connectivity index (χ0n) is 12.8. The summed E-state index contributed by atoms with van der Waals surface area (Å²) in [7, 11) is 0. The summed E-state index contributed by atoms with van der Waals surface area (Å²) in [5.74, 6) is 0.0466. The van der Waals surface area contributed by atoms with E-state index in [0.29, 0.717) is 31.9 Å². The van der Waals surface area contributed by atoms with Gasteiger partial charge >= 0.3 is 0 Å². The molecule has 1 aromatic heterocycles. The maximum atomic E-state index is 12.4. The van der Waals surface area contributed by atoms with Crippen LogP contribution >= 0.6 is 11.3 Å². The Morgan fingerprint density at radius 3 is 2.43 bits per heavy atom. The van der Waals surface area contributed by atoms with E-state index in [1.807, 2.05) is 28.9 Å². The molecule has 0 saturated carbocycles. The van der Waals surface area contributed by atoms with Crippen LogP contribution in [-0.2, 0) is 0 Å². The Morgan fingerprint density at radius 2 is 1.83 bits per heavy atom. The van der Waals surface area contributed by atoms with E-state index in [0.717, 1.165) is 9.75 Å². The van der Waals surface area contributed by atoms with Crippen LogP contribution in [0.4, 0.5) is 11.4 Å². The van der Waals surface area contributed by atoms with Crippen molar-refractivity contribution in [3.63, 3.8) is 0 Å². The molecular formula is C16H17N3O3S. The first-order chi connectivity index (χ1) is 11.1. The summed E-state index contributed by atoms with van der Waals surface area (Å²) >= 11 is 1.50. The fourth-order valence-electron chi connectivity index (χ4n) is 2.74. The first kappa shape index (κ1) is 15.5. The van der Waals surface area contributed by atoms with Gasteiger partial charge in [0.1, 0.15) is 5.69 Å². The molecule has 3 rings (SSSR count). The molecule has 2 heterocycles. The highest BCUT2D eigenvalue weighted by Crippen LogP contribution is 2.28. The van der Waals surface area contributed by atoms with Gasteiger partial charge in [-0.1, -0.05) is 12.1 Å². The third kappa shape index (κ3) is 3.19. The van der Waals surface area contributed by atoms with Crippen LogP contribution < -0.4 is 4.90 Å². The lowest BCUT2D eigenvalue weighted by Gasteiger charge is -2.35. The van der Waals surface area contributed by atoms with Gasteiger partial charge in [0.05, 0.1) is 9.80 Å². The molecule has 1 fully saturated rings. The molecule has 0 atom stereocenters. The van der Waals surface area contributed by atoms with Gasteiger partial charge < -0.3 is 9.80 Å². The number of hydrogen-bond acceptors (Lipinski definition) is 5. The SMILES string of the molecule is Cc1ccc(C(=O)N2CCN(c3ccccc3[N+](=O)[O-])CC2)s1. The molecule has 0 bridgehead atoms. The lowest BCUT2D eigenvalue weighted by molar-refractivity contribution is -0.384. The van der Waals surface area contributed by atoms with Crippen LogP contribution in [0, 0.1) is 17.0 Å². The topological polar surface area (TPSA) is 66.7 Å². The van der Waals surface area contributed by atoms with Gasteiger partial charge in [0, 0.05) is 37.1 Å². The molecule has 120 valence electrons. The molecule has 6 nitrogen and oxygen atoms in total. The van der Waals surface area contributed by atoms with Gasteiger partial charge in [-0.3, -0.25) is 14.9 Å². The Kier molecular flexibility index (Phi) is 4.29. The van der Waals surface area contributed by atoms with E-state index in [1.165, 1.54) is 17.4 Å². The van der Waals surface area contributed by atoms with Gasteiger partial charge in [-0.05, 0) is 25.1 Å². The highest BCUT2D eigenvalue weighted by atomic mass is 32.1. The summed E-state index contributed by atoms with van der Waals surface area (Å²) in [6.45, 7) is 4.32. The molecule has 0 N–H and O–H groups in total. The lowest BCUT2D eigenvalue weighted by Crippen LogP contribution is -2.48. The molecule has 0 radical (unpaired) electrons. The third-order valence-corrected chi connectivity index (χ3v) is 4.93. The van der Waals surface area contributed by atoms with Crippen LogP contribution in [0.5, 0.6) is 0 Å². The Bertz CT molecular complexity index is 736. The Balaban J connectivity index is 1.69. The Morgan fingerprint density at radius 1 is 1.13 bits per heavy atom. The minimum Gasteiger partial charge on any atom is -0.362 e. The highest BCUT2D eigenvalue weighted by molar-refractivity contribution is 7.13. The molecule has 2 aromatic rings. The number of carbonyl (C=O) groups is 1. The molecule has 1 amide bonds. The molecule has 0 unspecified atom stereocenters. The number of hydrogen-bond donors (Lipinski definition) is 0. The second kappa shape index (κ2) is 6.37.